The number of hydrogen-bond acceptors (Lipinski definition) is 7. The second-order valence-electron chi connectivity index (χ2n) is 4.59. The Hall–Kier alpha value is -1.51. The maximum atomic E-state index is 12.6. The molecule has 0 unspecified atom stereocenters. The van der Waals surface area contributed by atoms with Crippen LogP contribution in [0.3, 0.4) is 0 Å². The monoisotopic (exact) mass is 365 g/mol. The van der Waals surface area contributed by atoms with Crippen LogP contribution >= 0.6 is 34.9 Å². The van der Waals surface area contributed by atoms with Gasteiger partial charge in [0.1, 0.15) is 0 Å². The van der Waals surface area contributed by atoms with Crippen molar-refractivity contribution in [2.45, 2.75) is 5.16 Å². The fourth-order valence-electron chi connectivity index (χ4n) is 2.14. The summed E-state index contributed by atoms with van der Waals surface area (Å²) < 4.78 is 5.35. The first kappa shape index (κ1) is 16.4. The average Bonchev–Trinajstić information content (AvgIpc) is 3.26. The summed E-state index contributed by atoms with van der Waals surface area (Å²) in [4.78, 5) is 23.8. The highest BCUT2D eigenvalue weighted by Gasteiger charge is 2.26. The molecule has 0 spiro atoms. The second kappa shape index (κ2) is 7.37. The highest BCUT2D eigenvalue weighted by Crippen LogP contribution is 2.33. The molecule has 1 aliphatic rings. The predicted octanol–water partition coefficient (Wildman–Crippen LogP) is 3.46. The quantitative estimate of drug-likeness (QED) is 0.611. The molecule has 2 aromatic rings. The van der Waals surface area contributed by atoms with Gasteiger partial charge in [-0.25, -0.2) is 4.98 Å². The van der Waals surface area contributed by atoms with Gasteiger partial charge in [-0.05, 0) is 23.8 Å². The van der Waals surface area contributed by atoms with Gasteiger partial charge in [0.25, 0.3) is 5.91 Å². The molecule has 1 saturated heterocycles. The number of rotatable bonds is 4. The summed E-state index contributed by atoms with van der Waals surface area (Å²) in [7, 11) is 1.59. The zero-order chi connectivity index (χ0) is 16.2. The number of thioether (sulfide) groups is 2. The highest BCUT2D eigenvalue weighted by atomic mass is 32.2. The number of amides is 1. The van der Waals surface area contributed by atoms with Gasteiger partial charge >= 0.3 is 0 Å². The van der Waals surface area contributed by atoms with Crippen molar-refractivity contribution < 1.29 is 9.53 Å². The minimum atomic E-state index is 0.0388. The molecule has 0 bridgehead atoms. The fraction of sp³-hybridized carbons (Fsp3) is 0.267. The van der Waals surface area contributed by atoms with Crippen LogP contribution in [0.5, 0.6) is 5.88 Å². The predicted molar refractivity (Wildman–Crippen MR) is 96.2 cm³/mol. The Labute approximate surface area is 147 Å². The number of carbonyl (C=O) groups is 1. The lowest BCUT2D eigenvalue weighted by molar-refractivity contribution is 0.0835. The van der Waals surface area contributed by atoms with Crippen LogP contribution in [0.4, 0.5) is 0 Å². The van der Waals surface area contributed by atoms with Crippen LogP contribution < -0.4 is 4.74 Å². The Morgan fingerprint density at radius 3 is 3.09 bits per heavy atom. The number of methoxy groups -OCH3 is 1. The molecule has 8 heteroatoms. The lowest BCUT2D eigenvalue weighted by atomic mass is 10.3. The smallest absolute Gasteiger partial charge is 0.268 e. The van der Waals surface area contributed by atoms with Gasteiger partial charge in [-0.2, -0.15) is 4.98 Å². The van der Waals surface area contributed by atoms with E-state index in [0.717, 1.165) is 21.2 Å². The third kappa shape index (κ3) is 3.54. The average molecular weight is 366 g/mol. The van der Waals surface area contributed by atoms with Crippen LogP contribution in [0, 0.1) is 0 Å². The largest absolute Gasteiger partial charge is 0.480 e. The van der Waals surface area contributed by atoms with Gasteiger partial charge in [0.05, 0.1) is 22.6 Å². The number of nitrogens with zero attached hydrogens (tertiary/aromatic N) is 3. The van der Waals surface area contributed by atoms with Gasteiger partial charge in [-0.1, -0.05) is 17.8 Å². The summed E-state index contributed by atoms with van der Waals surface area (Å²) in [5, 5.41) is 3.48. The lowest BCUT2D eigenvalue weighted by Crippen LogP contribution is -2.25. The molecule has 0 radical (unpaired) electrons. The van der Waals surface area contributed by atoms with Crippen molar-refractivity contribution >= 4 is 46.8 Å². The molecule has 1 fully saturated rings. The number of thiophene rings is 1. The Kier molecular flexibility index (Phi) is 5.24. The molecule has 0 saturated carbocycles. The van der Waals surface area contributed by atoms with Crippen molar-refractivity contribution in [2.75, 3.05) is 25.7 Å². The van der Waals surface area contributed by atoms with Crippen LogP contribution in [0.25, 0.3) is 6.08 Å². The molecule has 5 nitrogen and oxygen atoms in total. The highest BCUT2D eigenvalue weighted by molar-refractivity contribution is 8.03. The van der Waals surface area contributed by atoms with Gasteiger partial charge in [-0.15, -0.1) is 23.1 Å². The summed E-state index contributed by atoms with van der Waals surface area (Å²) in [6.45, 7) is 0.708. The number of ether oxygens (including phenoxy) is 1. The molecule has 3 rings (SSSR count). The summed E-state index contributed by atoms with van der Waals surface area (Å²) in [5.41, 5.74) is 0.777. The van der Waals surface area contributed by atoms with Crippen LogP contribution in [-0.4, -0.2) is 46.4 Å². The van der Waals surface area contributed by atoms with Crippen molar-refractivity contribution in [1.82, 2.24) is 14.9 Å². The van der Waals surface area contributed by atoms with Gasteiger partial charge < -0.3 is 9.64 Å². The summed E-state index contributed by atoms with van der Waals surface area (Å²) in [6, 6.07) is 3.74. The molecule has 23 heavy (non-hydrogen) atoms. The Morgan fingerprint density at radius 2 is 2.39 bits per heavy atom. The van der Waals surface area contributed by atoms with Gasteiger partial charge in [0.15, 0.2) is 5.16 Å². The van der Waals surface area contributed by atoms with Crippen LogP contribution in [0.1, 0.15) is 15.2 Å². The fourth-order valence-corrected chi connectivity index (χ4v) is 4.17. The normalized spacial score (nSPS) is 16.1. The molecule has 120 valence electrons. The summed E-state index contributed by atoms with van der Waals surface area (Å²) >= 11 is 4.58. The summed E-state index contributed by atoms with van der Waals surface area (Å²) in [6.07, 6.45) is 5.57. The van der Waals surface area contributed by atoms with Gasteiger partial charge in [0.2, 0.25) is 5.88 Å². The van der Waals surface area contributed by atoms with E-state index in [4.69, 9.17) is 4.74 Å². The van der Waals surface area contributed by atoms with Gasteiger partial charge in [0, 0.05) is 18.5 Å². The third-order valence-electron chi connectivity index (χ3n) is 3.22. The minimum Gasteiger partial charge on any atom is -0.480 e. The van der Waals surface area contributed by atoms with E-state index in [1.807, 2.05) is 29.8 Å². The molecular formula is C15H15N3O2S3. The van der Waals surface area contributed by atoms with Crippen molar-refractivity contribution in [2.24, 2.45) is 0 Å². The Balaban J connectivity index is 1.90. The van der Waals surface area contributed by atoms with E-state index >= 15 is 0 Å². The molecule has 3 heterocycles. The molecule has 1 aliphatic heterocycles. The van der Waals surface area contributed by atoms with Crippen LogP contribution in [-0.2, 0) is 0 Å². The van der Waals surface area contributed by atoms with E-state index in [1.54, 1.807) is 30.0 Å². The molecule has 1 amide bonds. The van der Waals surface area contributed by atoms with Crippen LogP contribution in [0.15, 0.2) is 33.9 Å². The SMILES string of the molecule is COc1nc(SC)ncc1/C=C1/SCCN1C(=O)c1cccs1. The maximum absolute atomic E-state index is 12.6. The van der Waals surface area contributed by atoms with Crippen molar-refractivity contribution in [3.8, 4) is 5.88 Å². The number of carbonyl (C=O) groups excluding carboxylic acids is 1. The minimum absolute atomic E-state index is 0.0388. The molecule has 2 aromatic heterocycles. The topological polar surface area (TPSA) is 55.3 Å². The first-order chi connectivity index (χ1) is 11.2. The van der Waals surface area contributed by atoms with Crippen molar-refractivity contribution in [3.05, 3.63) is 39.2 Å². The first-order valence-corrected chi connectivity index (χ1v) is 9.97. The molecular weight excluding hydrogens is 350 g/mol. The molecule has 0 aliphatic carbocycles. The Morgan fingerprint density at radius 1 is 1.52 bits per heavy atom. The van der Waals surface area contributed by atoms with E-state index < -0.39 is 0 Å². The number of hydrogen-bond donors (Lipinski definition) is 0. The lowest BCUT2D eigenvalue weighted by Gasteiger charge is -2.16. The number of aromatic nitrogens is 2. The van der Waals surface area contributed by atoms with E-state index in [9.17, 15) is 4.79 Å². The van der Waals surface area contributed by atoms with Crippen LogP contribution in [0.2, 0.25) is 0 Å². The maximum Gasteiger partial charge on any atom is 0.268 e. The van der Waals surface area contributed by atoms with Crippen molar-refractivity contribution in [1.29, 1.82) is 0 Å². The Bertz CT molecular complexity index is 732. The van der Waals surface area contributed by atoms with E-state index in [1.165, 1.54) is 23.1 Å². The van der Waals surface area contributed by atoms with Gasteiger partial charge in [-0.3, -0.25) is 4.79 Å². The van der Waals surface area contributed by atoms with Crippen molar-refractivity contribution in [3.63, 3.8) is 0 Å². The second-order valence-corrected chi connectivity index (χ2v) is 7.42. The van der Waals surface area contributed by atoms with E-state index in [0.29, 0.717) is 17.6 Å². The van der Waals surface area contributed by atoms with E-state index in [2.05, 4.69) is 9.97 Å². The molecule has 0 aromatic carbocycles. The standard InChI is InChI=1S/C15H15N3O2S3/c1-20-13-10(9-16-15(17-13)21-2)8-12-18(5-7-23-12)14(19)11-4-3-6-22-11/h3-4,6,8-9H,5,7H2,1-2H3/b12-8+. The third-order valence-corrected chi connectivity index (χ3v) is 5.66. The zero-order valence-electron chi connectivity index (χ0n) is 12.7. The molecule has 0 atom stereocenters. The zero-order valence-corrected chi connectivity index (χ0v) is 15.1. The molecule has 0 N–H and O–H groups in total. The van der Waals surface area contributed by atoms with E-state index in [-0.39, 0.29) is 5.91 Å². The summed E-state index contributed by atoms with van der Waals surface area (Å²) in [5.74, 6) is 1.44. The first-order valence-electron chi connectivity index (χ1n) is 6.88.